The predicted octanol–water partition coefficient (Wildman–Crippen LogP) is 0.988. The van der Waals surface area contributed by atoms with Gasteiger partial charge in [0.15, 0.2) is 0 Å². The van der Waals surface area contributed by atoms with Crippen LogP contribution in [0.25, 0.3) is 0 Å². The van der Waals surface area contributed by atoms with E-state index in [9.17, 15) is 14.4 Å². The standard InChI is InChI=1S/C14H19N3O5S/c1-21-14(20)17-16-12(18)11(23)7-8-15-13(19)22-9-10-5-3-2-4-6-10/h2-6,11,23H,7-9H2,1H3,(H,15,19)(H,16,18)(H,17,20). The smallest absolute Gasteiger partial charge is 0.425 e. The minimum atomic E-state index is -0.790. The van der Waals surface area contributed by atoms with Crippen LogP contribution < -0.4 is 16.2 Å². The summed E-state index contributed by atoms with van der Waals surface area (Å²) >= 11 is 4.07. The Morgan fingerprint density at radius 1 is 1.13 bits per heavy atom. The molecule has 1 rings (SSSR count). The van der Waals surface area contributed by atoms with Gasteiger partial charge in [-0.1, -0.05) is 30.3 Å². The second-order valence-electron chi connectivity index (χ2n) is 4.40. The number of methoxy groups -OCH3 is 1. The lowest BCUT2D eigenvalue weighted by Gasteiger charge is -2.12. The molecule has 3 amide bonds. The molecule has 3 N–H and O–H groups in total. The number of benzene rings is 1. The number of nitrogens with one attached hydrogen (secondary N) is 3. The molecule has 1 atom stereocenters. The molecule has 1 unspecified atom stereocenters. The summed E-state index contributed by atoms with van der Waals surface area (Å²) in [6, 6.07) is 9.26. The van der Waals surface area contributed by atoms with Crippen LogP contribution in [-0.4, -0.2) is 37.0 Å². The van der Waals surface area contributed by atoms with Crippen molar-refractivity contribution in [1.82, 2.24) is 16.2 Å². The Bertz CT molecular complexity index is 526. The highest BCUT2D eigenvalue weighted by Gasteiger charge is 2.15. The number of hydrogen-bond donors (Lipinski definition) is 4. The van der Waals surface area contributed by atoms with E-state index in [1.54, 1.807) is 0 Å². The molecule has 8 nitrogen and oxygen atoms in total. The molecule has 0 radical (unpaired) electrons. The van der Waals surface area contributed by atoms with Crippen molar-refractivity contribution in [1.29, 1.82) is 0 Å². The normalized spacial score (nSPS) is 11.0. The van der Waals surface area contributed by atoms with Crippen LogP contribution >= 0.6 is 12.6 Å². The SMILES string of the molecule is COC(=O)NNC(=O)C(S)CCNC(=O)OCc1ccccc1. The van der Waals surface area contributed by atoms with Crippen LogP contribution in [0, 0.1) is 0 Å². The largest absolute Gasteiger partial charge is 0.452 e. The Hall–Kier alpha value is -2.42. The molecule has 0 fully saturated rings. The van der Waals surface area contributed by atoms with E-state index >= 15 is 0 Å². The van der Waals surface area contributed by atoms with Gasteiger partial charge in [-0.2, -0.15) is 12.6 Å². The average molecular weight is 341 g/mol. The Morgan fingerprint density at radius 2 is 1.83 bits per heavy atom. The Labute approximate surface area is 139 Å². The molecular weight excluding hydrogens is 322 g/mol. The Balaban J connectivity index is 2.16. The topological polar surface area (TPSA) is 106 Å². The summed E-state index contributed by atoms with van der Waals surface area (Å²) in [7, 11) is 1.17. The van der Waals surface area contributed by atoms with Crippen molar-refractivity contribution in [2.75, 3.05) is 13.7 Å². The summed E-state index contributed by atoms with van der Waals surface area (Å²) < 4.78 is 9.31. The molecule has 0 aliphatic heterocycles. The first-order valence-corrected chi connectivity index (χ1v) is 7.31. The first kappa shape index (κ1) is 18.6. The van der Waals surface area contributed by atoms with Gasteiger partial charge in [0.05, 0.1) is 12.4 Å². The van der Waals surface area contributed by atoms with Gasteiger partial charge in [-0.3, -0.25) is 10.2 Å². The van der Waals surface area contributed by atoms with Gasteiger partial charge in [-0.05, 0) is 12.0 Å². The quantitative estimate of drug-likeness (QED) is 0.456. The van der Waals surface area contributed by atoms with E-state index in [1.165, 1.54) is 7.11 Å². The number of carbonyl (C=O) groups is 3. The minimum absolute atomic E-state index is 0.167. The molecular formula is C14H19N3O5S. The first-order chi connectivity index (χ1) is 11.0. The number of rotatable bonds is 6. The minimum Gasteiger partial charge on any atom is -0.452 e. The van der Waals surface area contributed by atoms with Crippen LogP contribution in [0.4, 0.5) is 9.59 Å². The predicted molar refractivity (Wildman–Crippen MR) is 85.7 cm³/mol. The van der Waals surface area contributed by atoms with E-state index in [-0.39, 0.29) is 19.6 Å². The van der Waals surface area contributed by atoms with Crippen LogP contribution in [0.5, 0.6) is 0 Å². The zero-order chi connectivity index (χ0) is 17.1. The number of ether oxygens (including phenoxy) is 2. The van der Waals surface area contributed by atoms with Crippen molar-refractivity contribution < 1.29 is 23.9 Å². The van der Waals surface area contributed by atoms with Crippen molar-refractivity contribution in [2.24, 2.45) is 0 Å². The monoisotopic (exact) mass is 341 g/mol. The fourth-order valence-corrected chi connectivity index (χ4v) is 1.66. The van der Waals surface area contributed by atoms with Gasteiger partial charge >= 0.3 is 12.2 Å². The summed E-state index contributed by atoms with van der Waals surface area (Å²) in [6.45, 7) is 0.369. The summed E-state index contributed by atoms with van der Waals surface area (Å²) in [5.41, 5.74) is 5.04. The fraction of sp³-hybridized carbons (Fsp3) is 0.357. The average Bonchev–Trinajstić information content (AvgIpc) is 2.58. The number of hydrazine groups is 1. The number of thiol groups is 1. The van der Waals surface area contributed by atoms with Crippen LogP contribution in [-0.2, 0) is 20.9 Å². The number of carbonyl (C=O) groups excluding carboxylic acids is 3. The highest BCUT2D eigenvalue weighted by molar-refractivity contribution is 7.81. The third-order valence-electron chi connectivity index (χ3n) is 2.68. The fourth-order valence-electron chi connectivity index (χ4n) is 1.46. The highest BCUT2D eigenvalue weighted by Crippen LogP contribution is 2.02. The molecule has 1 aromatic carbocycles. The van der Waals surface area contributed by atoms with E-state index in [1.807, 2.05) is 35.8 Å². The van der Waals surface area contributed by atoms with Crippen LogP contribution in [0.15, 0.2) is 30.3 Å². The summed E-state index contributed by atoms with van der Waals surface area (Å²) in [5.74, 6) is -0.516. The Kier molecular flexibility index (Phi) is 8.37. The lowest BCUT2D eigenvalue weighted by atomic mass is 10.2. The molecule has 0 spiro atoms. The van der Waals surface area contributed by atoms with Gasteiger partial charge in [-0.25, -0.2) is 15.0 Å². The first-order valence-electron chi connectivity index (χ1n) is 6.79. The van der Waals surface area contributed by atoms with Gasteiger partial charge < -0.3 is 14.8 Å². The van der Waals surface area contributed by atoms with E-state index in [0.29, 0.717) is 0 Å². The maximum absolute atomic E-state index is 11.5. The zero-order valence-corrected chi connectivity index (χ0v) is 13.5. The van der Waals surface area contributed by atoms with Crippen LogP contribution in [0.3, 0.4) is 0 Å². The molecule has 0 heterocycles. The van der Waals surface area contributed by atoms with Gasteiger partial charge in [0.1, 0.15) is 6.61 Å². The van der Waals surface area contributed by atoms with Crippen molar-refractivity contribution >= 4 is 30.7 Å². The van der Waals surface area contributed by atoms with E-state index in [2.05, 4.69) is 28.1 Å². The summed E-state index contributed by atoms with van der Waals surface area (Å²) in [6.07, 6.45) is -1.11. The molecule has 0 aliphatic carbocycles. The van der Waals surface area contributed by atoms with Gasteiger partial charge in [0.25, 0.3) is 5.91 Å². The molecule has 0 saturated heterocycles. The maximum Gasteiger partial charge on any atom is 0.425 e. The van der Waals surface area contributed by atoms with Crippen molar-refractivity contribution in [3.8, 4) is 0 Å². The molecule has 0 bridgehead atoms. The van der Waals surface area contributed by atoms with E-state index in [0.717, 1.165) is 5.56 Å². The highest BCUT2D eigenvalue weighted by atomic mass is 32.1. The van der Waals surface area contributed by atoms with Gasteiger partial charge in [0, 0.05) is 6.54 Å². The summed E-state index contributed by atoms with van der Waals surface area (Å²) in [5, 5.41) is 1.81. The molecule has 126 valence electrons. The molecule has 0 saturated carbocycles. The Morgan fingerprint density at radius 3 is 2.48 bits per heavy atom. The molecule has 0 aromatic heterocycles. The second-order valence-corrected chi connectivity index (χ2v) is 5.02. The number of amides is 3. The van der Waals surface area contributed by atoms with Crippen LogP contribution in [0.1, 0.15) is 12.0 Å². The third kappa shape index (κ3) is 7.96. The third-order valence-corrected chi connectivity index (χ3v) is 3.17. The molecule has 23 heavy (non-hydrogen) atoms. The second kappa shape index (κ2) is 10.3. The molecule has 0 aliphatic rings. The van der Waals surface area contributed by atoms with Gasteiger partial charge in [-0.15, -0.1) is 0 Å². The van der Waals surface area contributed by atoms with Crippen molar-refractivity contribution in [3.63, 3.8) is 0 Å². The lowest BCUT2D eigenvalue weighted by Crippen LogP contribution is -2.45. The zero-order valence-electron chi connectivity index (χ0n) is 12.6. The molecule has 9 heteroatoms. The van der Waals surface area contributed by atoms with Crippen molar-refractivity contribution in [3.05, 3.63) is 35.9 Å². The van der Waals surface area contributed by atoms with Gasteiger partial charge in [0.2, 0.25) is 0 Å². The molecule has 1 aromatic rings. The maximum atomic E-state index is 11.5. The van der Waals surface area contributed by atoms with E-state index in [4.69, 9.17) is 4.74 Å². The van der Waals surface area contributed by atoms with Crippen LogP contribution in [0.2, 0.25) is 0 Å². The number of alkyl carbamates (subject to hydrolysis) is 1. The number of hydrogen-bond acceptors (Lipinski definition) is 6. The lowest BCUT2D eigenvalue weighted by molar-refractivity contribution is -0.121. The van der Waals surface area contributed by atoms with E-state index < -0.39 is 23.3 Å². The summed E-state index contributed by atoms with van der Waals surface area (Å²) in [4.78, 5) is 33.8. The van der Waals surface area contributed by atoms with Crippen molar-refractivity contribution in [2.45, 2.75) is 18.3 Å².